The monoisotopic (exact) mass is 1440 g/mol. The number of Topliss-reactive ketones (excluding diaryl/α,β-unsaturated/α-hetero) is 1. The van der Waals surface area contributed by atoms with Gasteiger partial charge in [-0.1, -0.05) is 157 Å². The minimum atomic E-state index is -2.58. The Morgan fingerprint density at radius 3 is 1.94 bits per heavy atom. The third kappa shape index (κ3) is 29.8. The maximum absolute atomic E-state index is 14.3. The summed E-state index contributed by atoms with van der Waals surface area (Å²) < 4.78 is 18.2. The second-order valence-corrected chi connectivity index (χ2v) is 31.3. The van der Waals surface area contributed by atoms with Crippen LogP contribution >= 0.6 is 0 Å². The molecular formula is C79H131N3O20. The first kappa shape index (κ1) is 92.5. The summed E-state index contributed by atoms with van der Waals surface area (Å²) in [5.74, 6) is -10.8. The van der Waals surface area contributed by atoms with E-state index in [9.17, 15) is 84.9 Å². The Balaban J connectivity index is 2.53. The number of rotatable bonds is 25. The number of aliphatic hydroxyl groups excluding tert-OH is 10. The highest BCUT2D eigenvalue weighted by molar-refractivity contribution is 5.94. The lowest BCUT2D eigenvalue weighted by atomic mass is 9.77. The highest BCUT2D eigenvalue weighted by Gasteiger charge is 2.44. The summed E-state index contributed by atoms with van der Waals surface area (Å²) in [6.07, 6.45) is 7.96. The van der Waals surface area contributed by atoms with E-state index in [0.717, 1.165) is 12.5 Å². The zero-order valence-electron chi connectivity index (χ0n) is 64.5. The predicted molar refractivity (Wildman–Crippen MR) is 393 cm³/mol. The highest BCUT2D eigenvalue weighted by atomic mass is 16.6. The normalized spacial score (nSPS) is 31.5. The van der Waals surface area contributed by atoms with Crippen molar-refractivity contribution >= 4 is 35.4 Å². The summed E-state index contributed by atoms with van der Waals surface area (Å²) in [4.78, 5) is 81.1. The van der Waals surface area contributed by atoms with E-state index in [1.165, 1.54) is 45.1 Å². The number of cyclic esters (lactones) is 1. The second kappa shape index (κ2) is 43.8. The average Bonchev–Trinajstić information content (AvgIpc) is 0.840. The van der Waals surface area contributed by atoms with Gasteiger partial charge in [0.15, 0.2) is 12.1 Å². The van der Waals surface area contributed by atoms with Crippen LogP contribution in [-0.4, -0.2) is 202 Å². The van der Waals surface area contributed by atoms with Crippen LogP contribution in [0, 0.1) is 64.1 Å². The lowest BCUT2D eigenvalue weighted by Crippen LogP contribution is -2.59. The van der Waals surface area contributed by atoms with E-state index in [1.807, 2.05) is 52.0 Å². The predicted octanol–water partition coefficient (Wildman–Crippen LogP) is 7.38. The van der Waals surface area contributed by atoms with Crippen molar-refractivity contribution in [2.45, 2.75) is 293 Å². The number of carbonyl (C=O) groups excluding carboxylic acids is 5. The van der Waals surface area contributed by atoms with Gasteiger partial charge in [0.05, 0.1) is 85.1 Å². The number of carbonyl (C=O) groups is 6. The Labute approximate surface area is 607 Å². The maximum Gasteiger partial charge on any atom is 0.335 e. The van der Waals surface area contributed by atoms with Crippen LogP contribution < -0.4 is 16.0 Å². The van der Waals surface area contributed by atoms with Gasteiger partial charge in [-0.3, -0.25) is 19.2 Å². The van der Waals surface area contributed by atoms with E-state index < -0.39 is 161 Å². The van der Waals surface area contributed by atoms with Crippen molar-refractivity contribution < 1.29 is 99.1 Å². The van der Waals surface area contributed by atoms with Gasteiger partial charge in [0, 0.05) is 47.7 Å². The molecule has 582 valence electrons. The minimum Gasteiger partial charge on any atom is -0.479 e. The quantitative estimate of drug-likeness (QED) is 0.0241. The minimum absolute atomic E-state index is 0.0378. The summed E-state index contributed by atoms with van der Waals surface area (Å²) in [6.45, 7) is 32.5. The molecule has 23 nitrogen and oxygen atoms in total. The van der Waals surface area contributed by atoms with Gasteiger partial charge in [-0.2, -0.15) is 0 Å². The molecule has 0 unspecified atom stereocenters. The SMILES string of the molecule is CO[C@@H]1/C=C/C=C/CC/C=C/C=C/C(=O)N[C@@H]([C@H](O)C(=O)O)C(=O)O[C@H]([C@H](NC(=O)[C@@H](C)[C@H](O)CC[C@@H](C)[C@H](O)/C(C)=C/C(C)(C)[C@H](O)[C@@H](CC(C)C)NC(=O)/C=C/C(C)(C)C(=O)[C@@H](C)[C@@H](O)C(C)C)[C@@H](C)O)[C@H](C)[C@H](O)C/C=C(\C)[C@@H](O)[C@H](C)/C=C(\C)[C@@H](O)[C@H](C)[C@H](O)C[C@@H]2C[C@H](C)C[C@@H]1O2. The molecule has 3 amide bonds. The smallest absolute Gasteiger partial charge is 0.335 e. The molecule has 2 aliphatic heterocycles. The molecule has 1 saturated heterocycles. The van der Waals surface area contributed by atoms with Crippen LogP contribution in [0.5, 0.6) is 0 Å². The van der Waals surface area contributed by atoms with Gasteiger partial charge in [-0.15, -0.1) is 0 Å². The Kier molecular flexibility index (Phi) is 39.7. The lowest BCUT2D eigenvalue weighted by molar-refractivity contribution is -0.170. The molecule has 0 spiro atoms. The van der Waals surface area contributed by atoms with Crippen LogP contribution in [0.3, 0.4) is 0 Å². The van der Waals surface area contributed by atoms with Gasteiger partial charge >= 0.3 is 11.9 Å². The van der Waals surface area contributed by atoms with E-state index in [0.29, 0.717) is 42.4 Å². The number of nitrogens with one attached hydrogen (secondary N) is 3. The summed E-state index contributed by atoms with van der Waals surface area (Å²) in [6, 6.07) is -4.65. The van der Waals surface area contributed by atoms with Crippen molar-refractivity contribution in [3.63, 3.8) is 0 Å². The molecule has 2 heterocycles. The van der Waals surface area contributed by atoms with Crippen molar-refractivity contribution in [2.75, 3.05) is 7.11 Å². The molecule has 0 saturated carbocycles. The highest BCUT2D eigenvalue weighted by Crippen LogP contribution is 2.35. The molecule has 2 bridgehead atoms. The Morgan fingerprint density at radius 2 is 1.37 bits per heavy atom. The number of hydrogen-bond donors (Lipinski definition) is 14. The van der Waals surface area contributed by atoms with Crippen molar-refractivity contribution in [3.8, 4) is 0 Å². The number of ether oxygens (including phenoxy) is 3. The number of carboxylic acids is 1. The molecule has 24 atom stereocenters. The summed E-state index contributed by atoms with van der Waals surface area (Å²) in [5, 5.41) is 133. The number of carboxylic acid groups (broad SMARTS) is 1. The Bertz CT molecular complexity index is 2890. The second-order valence-electron chi connectivity index (χ2n) is 31.3. The van der Waals surface area contributed by atoms with E-state index in [-0.39, 0.29) is 67.5 Å². The molecule has 0 aromatic carbocycles. The first-order chi connectivity index (χ1) is 47.3. The fraction of sp³-hybridized carbons (Fsp3) is 0.722. The topological polar surface area (TPSA) is 389 Å². The van der Waals surface area contributed by atoms with Gasteiger partial charge in [-0.25, -0.2) is 9.59 Å². The molecule has 23 heteroatoms. The van der Waals surface area contributed by atoms with Crippen molar-refractivity contribution in [1.82, 2.24) is 16.0 Å². The summed E-state index contributed by atoms with van der Waals surface area (Å²) in [5.41, 5.74) is -0.747. The standard InChI is InChI=1S/C79H131N3O20/c1-43(2)37-57(80-64(88)35-36-78(16,17)73(94)54(14)67(89)44(3)4)74(95)79(18,19)42-50(10)69(91)47(7)32-34-59(85)53(13)75(96)82-65(55(15)83)72-52(12)58(84)33-31-46(6)68(90)48(8)40-49(9)70(92)51(11)60(86)41-56-38-45(5)39-62(101-56)61(100-20)29-27-25-23-21-22-24-26-28-30-63(87)81-66(77(99)102-72)71(93)76(97)98/h23-31,35-36,40,42-45,47-48,51-62,65-72,74,83-86,89-93,95H,21-22,32-34,37-39,41H2,1-20H3,(H,80,88)(H,81,87)(H,82,96)(H,97,98)/b25-23+,26-24+,29-27+,30-28+,36-35+,46-31+,49-40+,50-42+/t45-,47+,48+,51+,52+,53-,54-,55+,56-,57+,58+,59+,60+,61+,62-,65+,66-,67-,68+,69-,70+,71-,72-,74+/m0/s1. The molecule has 0 radical (unpaired) electrons. The first-order valence-corrected chi connectivity index (χ1v) is 36.6. The van der Waals surface area contributed by atoms with Gasteiger partial charge in [0.25, 0.3) is 0 Å². The molecule has 14 N–H and O–H groups in total. The van der Waals surface area contributed by atoms with Gasteiger partial charge in [-0.05, 0) is 146 Å². The van der Waals surface area contributed by atoms with Crippen LogP contribution in [0.15, 0.2) is 95.7 Å². The van der Waals surface area contributed by atoms with Crippen LogP contribution in [0.2, 0.25) is 0 Å². The number of esters is 1. The van der Waals surface area contributed by atoms with E-state index in [4.69, 9.17) is 14.2 Å². The Morgan fingerprint density at radius 1 is 0.765 bits per heavy atom. The average molecular weight is 1440 g/mol. The van der Waals surface area contributed by atoms with Crippen LogP contribution in [0.25, 0.3) is 0 Å². The lowest BCUT2D eigenvalue weighted by Gasteiger charge is -2.38. The molecule has 1 fully saturated rings. The van der Waals surface area contributed by atoms with Crippen molar-refractivity contribution in [2.24, 2.45) is 64.1 Å². The molecule has 102 heavy (non-hydrogen) atoms. The molecule has 2 aliphatic rings. The number of fused-ring (bicyclic) bond motifs is 2. The number of allylic oxidation sites excluding steroid dienone is 7. The third-order valence-electron chi connectivity index (χ3n) is 20.4. The van der Waals surface area contributed by atoms with E-state index in [2.05, 4.69) is 22.9 Å². The molecular weight excluding hydrogens is 1310 g/mol. The fourth-order valence-corrected chi connectivity index (χ4v) is 13.4. The molecule has 0 aromatic rings. The summed E-state index contributed by atoms with van der Waals surface area (Å²) in [7, 11) is 1.60. The van der Waals surface area contributed by atoms with Gasteiger partial charge < -0.3 is 86.3 Å². The van der Waals surface area contributed by atoms with Gasteiger partial charge in [0.2, 0.25) is 17.7 Å². The maximum atomic E-state index is 14.3. The van der Waals surface area contributed by atoms with Gasteiger partial charge in [0.1, 0.15) is 18.0 Å². The number of amides is 3. The van der Waals surface area contributed by atoms with E-state index in [1.54, 1.807) is 108 Å². The van der Waals surface area contributed by atoms with Crippen molar-refractivity contribution in [3.05, 3.63) is 95.7 Å². The fourth-order valence-electron chi connectivity index (χ4n) is 13.4. The van der Waals surface area contributed by atoms with Crippen LogP contribution in [-0.2, 0) is 43.0 Å². The molecule has 0 aliphatic carbocycles. The van der Waals surface area contributed by atoms with Crippen LogP contribution in [0.4, 0.5) is 0 Å². The Hall–Kier alpha value is -5.54. The first-order valence-electron chi connectivity index (χ1n) is 36.6. The third-order valence-corrected chi connectivity index (χ3v) is 20.4. The van der Waals surface area contributed by atoms with Crippen LogP contribution in [0.1, 0.15) is 189 Å². The number of aliphatic carboxylic acids is 1. The number of ketones is 1. The summed E-state index contributed by atoms with van der Waals surface area (Å²) >= 11 is 0. The molecule has 0 aromatic heterocycles. The number of methoxy groups -OCH3 is 1. The van der Waals surface area contributed by atoms with Crippen molar-refractivity contribution in [1.29, 1.82) is 0 Å². The zero-order valence-corrected chi connectivity index (χ0v) is 64.5. The van der Waals surface area contributed by atoms with E-state index >= 15 is 0 Å². The number of hydrogen-bond acceptors (Lipinski definition) is 19. The number of aliphatic hydroxyl groups is 10. The molecule has 2 rings (SSSR count). The largest absolute Gasteiger partial charge is 0.479 e. The zero-order chi connectivity index (χ0) is 78.0.